The minimum absolute atomic E-state index is 0.219. The van der Waals surface area contributed by atoms with Crippen molar-refractivity contribution in [3.8, 4) is 0 Å². The van der Waals surface area contributed by atoms with Crippen molar-refractivity contribution < 1.29 is 4.74 Å². The molecule has 82 valence electrons. The molecule has 0 atom stereocenters. The van der Waals surface area contributed by atoms with E-state index in [0.717, 1.165) is 18.2 Å². The largest absolute Gasteiger partial charge is 0.383 e. The Hall–Kier alpha value is -0.350. The van der Waals surface area contributed by atoms with Crippen LogP contribution in [0.3, 0.4) is 0 Å². The van der Waals surface area contributed by atoms with E-state index in [0.29, 0.717) is 6.61 Å². The molecule has 0 radical (unpaired) electrons. The Morgan fingerprint density at radius 1 is 1.57 bits per heavy atom. The fraction of sp³-hybridized carbons (Fsp3) is 0.900. The number of hydrogen-bond donors (Lipinski definition) is 1. The van der Waals surface area contributed by atoms with Crippen LogP contribution >= 0.6 is 12.2 Å². The van der Waals surface area contributed by atoms with Crippen LogP contribution < -0.4 is 5.32 Å². The normalized spacial score (nSPS) is 19.8. The van der Waals surface area contributed by atoms with Gasteiger partial charge in [0.05, 0.1) is 6.61 Å². The summed E-state index contributed by atoms with van der Waals surface area (Å²) in [5.74, 6) is 0. The van der Waals surface area contributed by atoms with Crippen LogP contribution in [0.4, 0.5) is 0 Å². The van der Waals surface area contributed by atoms with Crippen molar-refractivity contribution in [2.45, 2.75) is 32.2 Å². The summed E-state index contributed by atoms with van der Waals surface area (Å²) >= 11 is 5.34. The molecular formula is C10H20N2OS. The Labute approximate surface area is 91.8 Å². The molecule has 0 saturated carbocycles. The fourth-order valence-corrected chi connectivity index (χ4v) is 2.28. The molecule has 0 aromatic rings. The first-order valence-electron chi connectivity index (χ1n) is 5.12. The highest BCUT2D eigenvalue weighted by Gasteiger charge is 2.33. The van der Waals surface area contributed by atoms with Crippen molar-refractivity contribution in [1.82, 2.24) is 10.2 Å². The molecule has 0 amide bonds. The maximum Gasteiger partial charge on any atom is 0.169 e. The monoisotopic (exact) mass is 216 g/mol. The molecule has 0 bridgehead atoms. The summed E-state index contributed by atoms with van der Waals surface area (Å²) in [6.45, 7) is 7.05. The van der Waals surface area contributed by atoms with E-state index in [1.165, 1.54) is 12.8 Å². The van der Waals surface area contributed by atoms with Gasteiger partial charge in [-0.15, -0.1) is 0 Å². The molecule has 4 heteroatoms. The molecule has 1 heterocycles. The highest BCUT2D eigenvalue weighted by molar-refractivity contribution is 7.80. The van der Waals surface area contributed by atoms with Crippen LogP contribution in [0.25, 0.3) is 0 Å². The van der Waals surface area contributed by atoms with Crippen molar-refractivity contribution in [1.29, 1.82) is 0 Å². The summed E-state index contributed by atoms with van der Waals surface area (Å²) in [5.41, 5.74) is 0.219. The van der Waals surface area contributed by atoms with E-state index < -0.39 is 0 Å². The number of hydrogen-bond acceptors (Lipinski definition) is 2. The molecule has 3 nitrogen and oxygen atoms in total. The molecule has 1 N–H and O–H groups in total. The second kappa shape index (κ2) is 4.94. The van der Waals surface area contributed by atoms with Crippen LogP contribution in [0.5, 0.6) is 0 Å². The predicted molar refractivity (Wildman–Crippen MR) is 62.5 cm³/mol. The number of nitrogens with zero attached hydrogens (tertiary/aromatic N) is 1. The second-order valence-electron chi connectivity index (χ2n) is 4.29. The minimum atomic E-state index is 0.219. The highest BCUT2D eigenvalue weighted by Crippen LogP contribution is 2.27. The Bertz CT molecular complexity index is 206. The molecule has 0 aromatic carbocycles. The maximum atomic E-state index is 5.34. The third-order valence-electron chi connectivity index (χ3n) is 2.73. The summed E-state index contributed by atoms with van der Waals surface area (Å²) < 4.78 is 4.97. The van der Waals surface area contributed by atoms with Gasteiger partial charge in [0, 0.05) is 25.7 Å². The Morgan fingerprint density at radius 2 is 2.29 bits per heavy atom. The zero-order valence-electron chi connectivity index (χ0n) is 9.30. The molecular weight excluding hydrogens is 196 g/mol. The van der Waals surface area contributed by atoms with Gasteiger partial charge in [-0.3, -0.25) is 0 Å². The van der Waals surface area contributed by atoms with Crippen LogP contribution in [0.15, 0.2) is 0 Å². The van der Waals surface area contributed by atoms with E-state index in [-0.39, 0.29) is 5.54 Å². The zero-order valence-corrected chi connectivity index (χ0v) is 10.1. The van der Waals surface area contributed by atoms with Crippen LogP contribution in [-0.4, -0.2) is 42.4 Å². The molecule has 0 aliphatic carbocycles. The number of thiocarbonyl (C=S) groups is 1. The lowest BCUT2D eigenvalue weighted by Crippen LogP contribution is -2.48. The van der Waals surface area contributed by atoms with Gasteiger partial charge in [0.25, 0.3) is 0 Å². The maximum absolute atomic E-state index is 5.34. The fourth-order valence-electron chi connectivity index (χ4n) is 1.84. The Morgan fingerprint density at radius 3 is 2.79 bits per heavy atom. The van der Waals surface area contributed by atoms with Crippen molar-refractivity contribution in [2.24, 2.45) is 0 Å². The van der Waals surface area contributed by atoms with Crippen molar-refractivity contribution in [3.05, 3.63) is 0 Å². The van der Waals surface area contributed by atoms with E-state index in [1.54, 1.807) is 7.11 Å². The molecule has 0 unspecified atom stereocenters. The number of nitrogens with one attached hydrogen (secondary N) is 1. The SMILES string of the molecule is COCCNC(=S)N1CCCC1(C)C. The van der Waals surface area contributed by atoms with Gasteiger partial charge in [0.15, 0.2) is 5.11 Å². The Balaban J connectivity index is 2.36. The van der Waals surface area contributed by atoms with Crippen molar-refractivity contribution in [2.75, 3.05) is 26.8 Å². The first kappa shape index (κ1) is 11.7. The van der Waals surface area contributed by atoms with Gasteiger partial charge in [-0.1, -0.05) is 0 Å². The summed E-state index contributed by atoms with van der Waals surface area (Å²) in [5, 5.41) is 4.08. The summed E-state index contributed by atoms with van der Waals surface area (Å²) in [7, 11) is 1.70. The summed E-state index contributed by atoms with van der Waals surface area (Å²) in [6, 6.07) is 0. The zero-order chi connectivity index (χ0) is 10.6. The number of ether oxygens (including phenoxy) is 1. The topological polar surface area (TPSA) is 24.5 Å². The third kappa shape index (κ3) is 2.82. The van der Waals surface area contributed by atoms with E-state index >= 15 is 0 Å². The first-order chi connectivity index (χ1) is 6.58. The van der Waals surface area contributed by atoms with E-state index in [2.05, 4.69) is 24.1 Å². The molecule has 0 spiro atoms. The predicted octanol–water partition coefficient (Wildman–Crippen LogP) is 1.38. The van der Waals surface area contributed by atoms with Crippen LogP contribution in [-0.2, 0) is 4.74 Å². The van der Waals surface area contributed by atoms with Crippen LogP contribution in [0.2, 0.25) is 0 Å². The Kier molecular flexibility index (Phi) is 4.13. The lowest BCUT2D eigenvalue weighted by Gasteiger charge is -2.33. The number of methoxy groups -OCH3 is 1. The molecule has 1 saturated heterocycles. The standard InChI is InChI=1S/C10H20N2OS/c1-10(2)5-4-7-12(10)9(14)11-6-8-13-3/h4-8H2,1-3H3,(H,11,14). The van der Waals surface area contributed by atoms with Gasteiger partial charge >= 0.3 is 0 Å². The van der Waals surface area contributed by atoms with Gasteiger partial charge in [-0.2, -0.15) is 0 Å². The average Bonchev–Trinajstić information content (AvgIpc) is 2.45. The van der Waals surface area contributed by atoms with Gasteiger partial charge < -0.3 is 15.0 Å². The third-order valence-corrected chi connectivity index (χ3v) is 3.09. The van der Waals surface area contributed by atoms with Gasteiger partial charge in [0.1, 0.15) is 0 Å². The number of likely N-dealkylation sites (tertiary alicyclic amines) is 1. The highest BCUT2D eigenvalue weighted by atomic mass is 32.1. The quantitative estimate of drug-likeness (QED) is 0.569. The van der Waals surface area contributed by atoms with Crippen LogP contribution in [0.1, 0.15) is 26.7 Å². The lowest BCUT2D eigenvalue weighted by atomic mass is 10.0. The molecule has 1 aliphatic heterocycles. The first-order valence-corrected chi connectivity index (χ1v) is 5.53. The van der Waals surface area contributed by atoms with E-state index in [1.807, 2.05) is 0 Å². The van der Waals surface area contributed by atoms with E-state index in [9.17, 15) is 0 Å². The molecule has 0 aromatic heterocycles. The molecule has 1 aliphatic rings. The lowest BCUT2D eigenvalue weighted by molar-refractivity contribution is 0.201. The minimum Gasteiger partial charge on any atom is -0.383 e. The van der Waals surface area contributed by atoms with Crippen LogP contribution in [0, 0.1) is 0 Å². The van der Waals surface area contributed by atoms with Gasteiger partial charge in [-0.05, 0) is 38.9 Å². The second-order valence-corrected chi connectivity index (χ2v) is 4.68. The molecule has 1 fully saturated rings. The smallest absolute Gasteiger partial charge is 0.169 e. The molecule has 14 heavy (non-hydrogen) atoms. The number of rotatable bonds is 3. The summed E-state index contributed by atoms with van der Waals surface area (Å²) in [4.78, 5) is 2.28. The van der Waals surface area contributed by atoms with Crippen molar-refractivity contribution in [3.63, 3.8) is 0 Å². The van der Waals surface area contributed by atoms with Crippen molar-refractivity contribution >= 4 is 17.3 Å². The molecule has 1 rings (SSSR count). The van der Waals surface area contributed by atoms with E-state index in [4.69, 9.17) is 17.0 Å². The average molecular weight is 216 g/mol. The summed E-state index contributed by atoms with van der Waals surface area (Å²) in [6.07, 6.45) is 2.46. The van der Waals surface area contributed by atoms with Gasteiger partial charge in [-0.25, -0.2) is 0 Å². The van der Waals surface area contributed by atoms with Gasteiger partial charge in [0.2, 0.25) is 0 Å².